The summed E-state index contributed by atoms with van der Waals surface area (Å²) in [6.45, 7) is 1.82. The fraction of sp³-hybridized carbons (Fsp3) is 1.00. The Hall–Kier alpha value is -0.200. The summed E-state index contributed by atoms with van der Waals surface area (Å²) in [4.78, 5) is 2.07. The molecule has 2 fully saturated rings. The fourth-order valence-electron chi connectivity index (χ4n) is 3.14. The van der Waals surface area contributed by atoms with Crippen LogP contribution in [0.3, 0.4) is 0 Å². The fourth-order valence-corrected chi connectivity index (χ4v) is 3.14. The molecule has 1 aliphatic heterocycles. The number of piperidine rings is 1. The minimum absolute atomic E-state index is 0.403. The maximum atomic E-state index is 9.66. The number of β-amino-alcohol motifs (C(OH)–C–C–N with tert-alkyl or cyclic N) is 2. The van der Waals surface area contributed by atoms with Crippen molar-refractivity contribution in [1.29, 1.82) is 0 Å². The topological polar surface area (TPSA) is 73.2 Å². The Bertz CT molecular complexity index is 243. The highest BCUT2D eigenvalue weighted by molar-refractivity contribution is 4.87. The maximum Gasteiger partial charge on any atom is 0.108 e. The smallest absolute Gasteiger partial charge is 0.108 e. The van der Waals surface area contributed by atoms with Crippen LogP contribution in [-0.2, 0) is 4.74 Å². The van der Waals surface area contributed by atoms with Crippen LogP contribution in [0.25, 0.3) is 0 Å². The lowest BCUT2D eigenvalue weighted by atomic mass is 9.86. The van der Waals surface area contributed by atoms with Gasteiger partial charge in [-0.25, -0.2) is 0 Å². The van der Waals surface area contributed by atoms with Gasteiger partial charge in [0.15, 0.2) is 0 Å². The Balaban J connectivity index is 1.77. The molecule has 5 nitrogen and oxygen atoms in total. The molecule has 2 aliphatic rings. The molecule has 1 saturated carbocycles. The average Bonchev–Trinajstić information content (AvgIpc) is 2.37. The van der Waals surface area contributed by atoms with Gasteiger partial charge in [0.2, 0.25) is 0 Å². The number of nitrogens with zero attached hydrogens (tertiary/aromatic N) is 1. The van der Waals surface area contributed by atoms with Gasteiger partial charge >= 0.3 is 0 Å². The molecule has 5 heteroatoms. The van der Waals surface area contributed by atoms with E-state index in [1.54, 1.807) is 7.11 Å². The number of aliphatic hydroxyl groups is 3. The van der Waals surface area contributed by atoms with E-state index in [9.17, 15) is 15.3 Å². The van der Waals surface area contributed by atoms with Gasteiger partial charge in [-0.1, -0.05) is 0 Å². The van der Waals surface area contributed by atoms with Crippen molar-refractivity contribution >= 4 is 0 Å². The lowest BCUT2D eigenvalue weighted by molar-refractivity contribution is -0.113. The molecule has 0 aromatic heterocycles. The number of likely N-dealkylation sites (tertiary alicyclic amines) is 1. The molecule has 1 saturated heterocycles. The van der Waals surface area contributed by atoms with Crippen molar-refractivity contribution in [3.63, 3.8) is 0 Å². The van der Waals surface area contributed by atoms with E-state index in [1.807, 2.05) is 0 Å². The van der Waals surface area contributed by atoms with Crippen LogP contribution >= 0.6 is 0 Å². The molecule has 18 heavy (non-hydrogen) atoms. The van der Waals surface area contributed by atoms with Gasteiger partial charge in [-0.05, 0) is 31.6 Å². The number of aliphatic hydroxyl groups excluding tert-OH is 3. The predicted molar refractivity (Wildman–Crippen MR) is 67.2 cm³/mol. The molecule has 0 radical (unpaired) electrons. The van der Waals surface area contributed by atoms with Crippen molar-refractivity contribution in [3.8, 4) is 0 Å². The van der Waals surface area contributed by atoms with Gasteiger partial charge in [-0.15, -0.1) is 0 Å². The molecule has 3 N–H and O–H groups in total. The molecule has 0 bridgehead atoms. The van der Waals surface area contributed by atoms with Gasteiger partial charge < -0.3 is 20.1 Å². The Morgan fingerprint density at radius 3 is 2.06 bits per heavy atom. The molecule has 1 unspecified atom stereocenters. The first-order valence-electron chi connectivity index (χ1n) is 6.89. The quantitative estimate of drug-likeness (QED) is 0.642. The van der Waals surface area contributed by atoms with E-state index >= 15 is 0 Å². The van der Waals surface area contributed by atoms with Gasteiger partial charge in [0.05, 0.1) is 18.3 Å². The van der Waals surface area contributed by atoms with Crippen LogP contribution in [-0.4, -0.2) is 71.4 Å². The Kier molecular flexibility index (Phi) is 4.98. The molecule has 2 rings (SSSR count). The third kappa shape index (κ3) is 3.42. The third-order valence-electron chi connectivity index (χ3n) is 4.32. The first kappa shape index (κ1) is 14.2. The maximum absolute atomic E-state index is 9.66. The summed E-state index contributed by atoms with van der Waals surface area (Å²) in [5.74, 6) is 0.617. The zero-order valence-corrected chi connectivity index (χ0v) is 11.0. The summed E-state index contributed by atoms with van der Waals surface area (Å²) in [5, 5.41) is 28.8. The van der Waals surface area contributed by atoms with Crippen LogP contribution in [0.2, 0.25) is 0 Å². The lowest BCUT2D eigenvalue weighted by Crippen LogP contribution is -2.56. The second kappa shape index (κ2) is 6.30. The molecule has 1 aliphatic carbocycles. The van der Waals surface area contributed by atoms with Crippen LogP contribution in [0.5, 0.6) is 0 Å². The van der Waals surface area contributed by atoms with Crippen molar-refractivity contribution in [2.75, 3.05) is 26.7 Å². The van der Waals surface area contributed by atoms with Crippen molar-refractivity contribution < 1.29 is 20.1 Å². The third-order valence-corrected chi connectivity index (χ3v) is 4.32. The molecule has 0 aromatic carbocycles. The standard InChI is InChI=1S/C13H25NO4/c1-18-10-4-2-9(3-5-10)6-14-7-11(15)13(17)12(16)8-14/h9-13,15-17H,2-8H2,1H3/t9?,10?,11-,12+,13?. The van der Waals surface area contributed by atoms with E-state index in [4.69, 9.17) is 4.74 Å². The Morgan fingerprint density at radius 2 is 1.56 bits per heavy atom. The Morgan fingerprint density at radius 1 is 1.00 bits per heavy atom. The highest BCUT2D eigenvalue weighted by atomic mass is 16.5. The first-order valence-corrected chi connectivity index (χ1v) is 6.89. The van der Waals surface area contributed by atoms with E-state index in [0.29, 0.717) is 25.1 Å². The van der Waals surface area contributed by atoms with Crippen molar-refractivity contribution in [1.82, 2.24) is 4.90 Å². The predicted octanol–water partition coefficient (Wildman–Crippen LogP) is -0.410. The van der Waals surface area contributed by atoms with Gasteiger partial charge in [-0.2, -0.15) is 0 Å². The van der Waals surface area contributed by atoms with Gasteiger partial charge in [0, 0.05) is 26.7 Å². The van der Waals surface area contributed by atoms with E-state index < -0.39 is 18.3 Å². The van der Waals surface area contributed by atoms with Crippen molar-refractivity contribution in [2.45, 2.75) is 50.1 Å². The summed E-state index contributed by atoms with van der Waals surface area (Å²) >= 11 is 0. The molecule has 0 amide bonds. The number of hydrogen-bond donors (Lipinski definition) is 3. The zero-order chi connectivity index (χ0) is 13.1. The first-order chi connectivity index (χ1) is 8.60. The summed E-state index contributed by atoms with van der Waals surface area (Å²) in [6.07, 6.45) is 2.23. The highest BCUT2D eigenvalue weighted by Gasteiger charge is 2.34. The molecule has 106 valence electrons. The second-order valence-electron chi connectivity index (χ2n) is 5.72. The number of methoxy groups -OCH3 is 1. The SMILES string of the molecule is COC1CCC(CN2C[C@@H](O)C(O)[C@@H](O)C2)CC1. The number of hydrogen-bond acceptors (Lipinski definition) is 5. The molecule has 0 aromatic rings. The molecular formula is C13H25NO4. The van der Waals surface area contributed by atoms with Crippen LogP contribution < -0.4 is 0 Å². The van der Waals surface area contributed by atoms with Gasteiger partial charge in [0.1, 0.15) is 6.10 Å². The van der Waals surface area contributed by atoms with Gasteiger partial charge in [-0.3, -0.25) is 4.90 Å². The van der Waals surface area contributed by atoms with Crippen molar-refractivity contribution in [2.24, 2.45) is 5.92 Å². The molecule has 3 atom stereocenters. The van der Waals surface area contributed by atoms with E-state index in [2.05, 4.69) is 4.90 Å². The van der Waals surface area contributed by atoms with Crippen molar-refractivity contribution in [3.05, 3.63) is 0 Å². The summed E-state index contributed by atoms with van der Waals surface area (Å²) in [7, 11) is 1.77. The Labute approximate surface area is 108 Å². The summed E-state index contributed by atoms with van der Waals surface area (Å²) < 4.78 is 5.35. The molecular weight excluding hydrogens is 234 g/mol. The average molecular weight is 259 g/mol. The number of ether oxygens (including phenoxy) is 1. The zero-order valence-electron chi connectivity index (χ0n) is 11.0. The van der Waals surface area contributed by atoms with Crippen LogP contribution in [0.4, 0.5) is 0 Å². The lowest BCUT2D eigenvalue weighted by Gasteiger charge is -2.39. The van der Waals surface area contributed by atoms with Gasteiger partial charge in [0.25, 0.3) is 0 Å². The van der Waals surface area contributed by atoms with Crippen LogP contribution in [0.1, 0.15) is 25.7 Å². The highest BCUT2D eigenvalue weighted by Crippen LogP contribution is 2.27. The second-order valence-corrected chi connectivity index (χ2v) is 5.72. The van der Waals surface area contributed by atoms with E-state index in [0.717, 1.165) is 32.2 Å². The monoisotopic (exact) mass is 259 g/mol. The van der Waals surface area contributed by atoms with Crippen LogP contribution in [0, 0.1) is 5.92 Å². The van der Waals surface area contributed by atoms with E-state index in [1.165, 1.54) is 0 Å². The summed E-state index contributed by atoms with van der Waals surface area (Å²) in [5.41, 5.74) is 0. The van der Waals surface area contributed by atoms with Crippen LogP contribution in [0.15, 0.2) is 0 Å². The normalized spacial score (nSPS) is 43.0. The largest absolute Gasteiger partial charge is 0.389 e. The minimum Gasteiger partial charge on any atom is -0.389 e. The van der Waals surface area contributed by atoms with E-state index in [-0.39, 0.29) is 0 Å². The molecule has 1 heterocycles. The number of rotatable bonds is 3. The molecule has 0 spiro atoms. The summed E-state index contributed by atoms with van der Waals surface area (Å²) in [6, 6.07) is 0. The minimum atomic E-state index is -0.995.